The molecule has 0 aliphatic heterocycles. The molecule has 2 amide bonds. The first-order chi connectivity index (χ1) is 6.15. The molecule has 0 fully saturated rings. The van der Waals surface area contributed by atoms with E-state index in [0.29, 0.717) is 12.1 Å². The Morgan fingerprint density at radius 1 is 1.54 bits per heavy atom. The van der Waals surface area contributed by atoms with Crippen molar-refractivity contribution in [3.8, 4) is 5.75 Å². The van der Waals surface area contributed by atoms with Gasteiger partial charge in [0, 0.05) is 11.8 Å². The quantitative estimate of drug-likeness (QED) is 0.574. The first kappa shape index (κ1) is 9.05. The largest absolute Gasteiger partial charge is 0.507 e. The SMILES string of the molecule is NC(=O)c1ccc(NC=O)cc1O. The van der Waals surface area contributed by atoms with Crippen LogP contribution in [0.4, 0.5) is 5.69 Å². The molecule has 0 aliphatic carbocycles. The van der Waals surface area contributed by atoms with E-state index in [1.54, 1.807) is 0 Å². The first-order valence-electron chi connectivity index (χ1n) is 3.48. The van der Waals surface area contributed by atoms with E-state index in [4.69, 9.17) is 5.73 Å². The second-order valence-corrected chi connectivity index (χ2v) is 2.36. The van der Waals surface area contributed by atoms with Crippen LogP contribution in [0.3, 0.4) is 0 Å². The van der Waals surface area contributed by atoms with E-state index >= 15 is 0 Å². The molecule has 0 unspecified atom stereocenters. The lowest BCUT2D eigenvalue weighted by Gasteiger charge is -2.02. The fourth-order valence-corrected chi connectivity index (χ4v) is 0.898. The van der Waals surface area contributed by atoms with E-state index in [0.717, 1.165) is 0 Å². The smallest absolute Gasteiger partial charge is 0.252 e. The summed E-state index contributed by atoms with van der Waals surface area (Å²) in [4.78, 5) is 20.7. The average molecular weight is 180 g/mol. The molecule has 5 heteroatoms. The summed E-state index contributed by atoms with van der Waals surface area (Å²) in [5, 5.41) is 11.6. The highest BCUT2D eigenvalue weighted by molar-refractivity contribution is 5.96. The van der Waals surface area contributed by atoms with E-state index < -0.39 is 5.91 Å². The van der Waals surface area contributed by atoms with E-state index in [-0.39, 0.29) is 11.3 Å². The molecule has 0 aliphatic rings. The van der Waals surface area contributed by atoms with Gasteiger partial charge in [-0.15, -0.1) is 0 Å². The van der Waals surface area contributed by atoms with Gasteiger partial charge in [0.1, 0.15) is 5.75 Å². The Balaban J connectivity index is 3.05. The molecule has 0 saturated carbocycles. The van der Waals surface area contributed by atoms with Crippen molar-refractivity contribution in [2.75, 3.05) is 5.32 Å². The molecule has 5 nitrogen and oxygen atoms in total. The molecular formula is C8H8N2O3. The van der Waals surface area contributed by atoms with Crippen molar-refractivity contribution < 1.29 is 14.7 Å². The Bertz CT molecular complexity index is 349. The molecule has 1 rings (SSSR count). The molecule has 1 aromatic carbocycles. The summed E-state index contributed by atoms with van der Waals surface area (Å²) in [5.74, 6) is -0.963. The Morgan fingerprint density at radius 3 is 2.69 bits per heavy atom. The van der Waals surface area contributed by atoms with Crippen molar-refractivity contribution in [2.45, 2.75) is 0 Å². The van der Waals surface area contributed by atoms with E-state index in [9.17, 15) is 14.7 Å². The molecule has 0 spiro atoms. The van der Waals surface area contributed by atoms with Gasteiger partial charge in [-0.1, -0.05) is 0 Å². The predicted octanol–water partition coefficient (Wildman–Crippen LogP) is 0.0594. The third-order valence-corrected chi connectivity index (χ3v) is 1.49. The number of anilines is 1. The highest BCUT2D eigenvalue weighted by Crippen LogP contribution is 2.20. The maximum Gasteiger partial charge on any atom is 0.252 e. The minimum atomic E-state index is -0.713. The lowest BCUT2D eigenvalue weighted by Crippen LogP contribution is -2.11. The Hall–Kier alpha value is -2.04. The summed E-state index contributed by atoms with van der Waals surface area (Å²) in [6.45, 7) is 0. The molecule has 4 N–H and O–H groups in total. The van der Waals surface area contributed by atoms with Gasteiger partial charge in [-0.05, 0) is 12.1 Å². The minimum absolute atomic E-state index is 0.0245. The molecule has 0 heterocycles. The number of carbonyl (C=O) groups excluding carboxylic acids is 2. The number of hydrogen-bond donors (Lipinski definition) is 3. The summed E-state index contributed by atoms with van der Waals surface area (Å²) in [6.07, 6.45) is 0.471. The van der Waals surface area contributed by atoms with Crippen molar-refractivity contribution in [3.05, 3.63) is 23.8 Å². The third kappa shape index (κ3) is 1.96. The van der Waals surface area contributed by atoms with Gasteiger partial charge in [0.25, 0.3) is 5.91 Å². The fraction of sp³-hybridized carbons (Fsp3) is 0. The zero-order valence-electron chi connectivity index (χ0n) is 6.65. The summed E-state index contributed by atoms with van der Waals surface area (Å²) in [6, 6.07) is 4.05. The van der Waals surface area contributed by atoms with E-state index in [2.05, 4.69) is 5.32 Å². The van der Waals surface area contributed by atoms with Crippen molar-refractivity contribution in [2.24, 2.45) is 5.73 Å². The standard InChI is InChI=1S/C8H8N2O3/c9-8(13)6-2-1-5(10-4-11)3-7(6)12/h1-4,12H,(H2,9,13)(H,10,11). The molecule has 1 aromatic rings. The van der Waals surface area contributed by atoms with Gasteiger partial charge in [0.2, 0.25) is 6.41 Å². The van der Waals surface area contributed by atoms with Crippen molar-refractivity contribution in [1.29, 1.82) is 0 Å². The average Bonchev–Trinajstić information content (AvgIpc) is 2.04. The summed E-state index contributed by atoms with van der Waals surface area (Å²) < 4.78 is 0. The Labute approximate surface area is 74.2 Å². The number of rotatable bonds is 3. The molecule has 0 radical (unpaired) electrons. The summed E-state index contributed by atoms with van der Waals surface area (Å²) in [7, 11) is 0. The number of carbonyl (C=O) groups is 2. The number of hydrogen-bond acceptors (Lipinski definition) is 3. The van der Waals surface area contributed by atoms with Gasteiger partial charge in [-0.2, -0.15) is 0 Å². The molecule has 13 heavy (non-hydrogen) atoms. The first-order valence-corrected chi connectivity index (χ1v) is 3.48. The molecule has 0 atom stereocenters. The van der Waals surface area contributed by atoms with Crippen LogP contribution in [0.15, 0.2) is 18.2 Å². The van der Waals surface area contributed by atoms with Crippen LogP contribution in [0.2, 0.25) is 0 Å². The van der Waals surface area contributed by atoms with Crippen LogP contribution in [0.1, 0.15) is 10.4 Å². The molecule has 0 bridgehead atoms. The highest BCUT2D eigenvalue weighted by Gasteiger charge is 2.06. The fourth-order valence-electron chi connectivity index (χ4n) is 0.898. The zero-order chi connectivity index (χ0) is 9.84. The highest BCUT2D eigenvalue weighted by atomic mass is 16.3. The van der Waals surface area contributed by atoms with Crippen molar-refractivity contribution >= 4 is 18.0 Å². The van der Waals surface area contributed by atoms with Crippen molar-refractivity contribution in [3.63, 3.8) is 0 Å². The maximum absolute atomic E-state index is 10.7. The lowest BCUT2D eigenvalue weighted by atomic mass is 10.2. The van der Waals surface area contributed by atoms with Gasteiger partial charge in [0.15, 0.2) is 0 Å². The van der Waals surface area contributed by atoms with Crippen LogP contribution in [-0.4, -0.2) is 17.4 Å². The van der Waals surface area contributed by atoms with Gasteiger partial charge in [-0.25, -0.2) is 0 Å². The van der Waals surface area contributed by atoms with Gasteiger partial charge in [-0.3, -0.25) is 9.59 Å². The number of nitrogens with two attached hydrogens (primary N) is 1. The zero-order valence-corrected chi connectivity index (χ0v) is 6.65. The topological polar surface area (TPSA) is 92.4 Å². The number of nitrogens with one attached hydrogen (secondary N) is 1. The third-order valence-electron chi connectivity index (χ3n) is 1.49. The molecule has 0 saturated heterocycles. The predicted molar refractivity (Wildman–Crippen MR) is 46.3 cm³/mol. The van der Waals surface area contributed by atoms with Crippen LogP contribution < -0.4 is 11.1 Å². The maximum atomic E-state index is 10.7. The van der Waals surface area contributed by atoms with Gasteiger partial charge >= 0.3 is 0 Å². The Kier molecular flexibility index (Phi) is 2.49. The van der Waals surface area contributed by atoms with Gasteiger partial charge < -0.3 is 16.2 Å². The summed E-state index contributed by atoms with van der Waals surface area (Å²) >= 11 is 0. The van der Waals surface area contributed by atoms with Crippen molar-refractivity contribution in [1.82, 2.24) is 0 Å². The number of amides is 2. The van der Waals surface area contributed by atoms with Gasteiger partial charge in [0.05, 0.1) is 5.56 Å². The van der Waals surface area contributed by atoms with Crippen LogP contribution in [-0.2, 0) is 4.79 Å². The number of aromatic hydroxyl groups is 1. The minimum Gasteiger partial charge on any atom is -0.507 e. The number of primary amides is 1. The monoisotopic (exact) mass is 180 g/mol. The van der Waals surface area contributed by atoms with E-state index in [1.807, 2.05) is 0 Å². The summed E-state index contributed by atoms with van der Waals surface area (Å²) in [5.41, 5.74) is 5.37. The van der Waals surface area contributed by atoms with Crippen LogP contribution >= 0.6 is 0 Å². The lowest BCUT2D eigenvalue weighted by molar-refractivity contribution is -0.105. The van der Waals surface area contributed by atoms with E-state index in [1.165, 1.54) is 18.2 Å². The molecular weight excluding hydrogens is 172 g/mol. The molecule has 0 aromatic heterocycles. The van der Waals surface area contributed by atoms with Crippen LogP contribution in [0.5, 0.6) is 5.75 Å². The van der Waals surface area contributed by atoms with Crippen LogP contribution in [0, 0.1) is 0 Å². The van der Waals surface area contributed by atoms with Crippen LogP contribution in [0.25, 0.3) is 0 Å². The number of benzene rings is 1. The Morgan fingerprint density at radius 2 is 2.23 bits per heavy atom. The second kappa shape index (κ2) is 3.57. The molecule has 68 valence electrons. The normalized spacial score (nSPS) is 9.23. The number of phenols is 1. The second-order valence-electron chi connectivity index (χ2n) is 2.36.